The van der Waals surface area contributed by atoms with Crippen LogP contribution < -0.4 is 5.32 Å². The molecule has 0 aliphatic rings. The van der Waals surface area contributed by atoms with Crippen LogP contribution in [0.15, 0.2) is 24.3 Å². The second-order valence-electron chi connectivity index (χ2n) is 4.18. The molecule has 1 N–H and O–H groups in total. The van der Waals surface area contributed by atoms with E-state index in [2.05, 4.69) is 11.4 Å². The highest BCUT2D eigenvalue weighted by Gasteiger charge is 2.10. The zero-order chi connectivity index (χ0) is 13.4. The number of anilines is 1. The molecule has 1 rings (SSSR count). The van der Waals surface area contributed by atoms with Crippen molar-refractivity contribution in [1.29, 1.82) is 5.26 Å². The Morgan fingerprint density at radius 3 is 2.78 bits per heavy atom. The van der Waals surface area contributed by atoms with Gasteiger partial charge in [0.25, 0.3) is 0 Å². The van der Waals surface area contributed by atoms with E-state index in [1.807, 2.05) is 19.1 Å². The van der Waals surface area contributed by atoms with Gasteiger partial charge < -0.3 is 5.32 Å². The highest BCUT2D eigenvalue weighted by Crippen LogP contribution is 2.21. The summed E-state index contributed by atoms with van der Waals surface area (Å²) in [5, 5.41) is 12.2. The minimum Gasteiger partial charge on any atom is -0.325 e. The third kappa shape index (κ3) is 4.77. The number of benzene rings is 1. The van der Waals surface area contributed by atoms with Crippen molar-refractivity contribution in [1.82, 2.24) is 0 Å². The maximum absolute atomic E-state index is 11.7. The van der Waals surface area contributed by atoms with Gasteiger partial charge in [0.15, 0.2) is 0 Å². The van der Waals surface area contributed by atoms with Gasteiger partial charge >= 0.3 is 0 Å². The van der Waals surface area contributed by atoms with Crippen molar-refractivity contribution < 1.29 is 4.79 Å². The number of carbonyl (C=O) groups excluding carboxylic acids is 1. The van der Waals surface area contributed by atoms with Crippen LogP contribution in [0.5, 0.6) is 0 Å². The van der Waals surface area contributed by atoms with Crippen LogP contribution in [0.3, 0.4) is 0 Å². The van der Waals surface area contributed by atoms with Gasteiger partial charge in [-0.15, -0.1) is 0 Å². The maximum atomic E-state index is 11.7. The number of halogens is 1. The van der Waals surface area contributed by atoms with Crippen LogP contribution in [0, 0.1) is 17.2 Å². The minimum absolute atomic E-state index is 0.0352. The van der Waals surface area contributed by atoms with Crippen LogP contribution in [0.2, 0.25) is 5.02 Å². The molecule has 0 fully saturated rings. The van der Waals surface area contributed by atoms with Crippen molar-refractivity contribution in [2.75, 3.05) is 5.32 Å². The van der Waals surface area contributed by atoms with E-state index >= 15 is 0 Å². The van der Waals surface area contributed by atoms with Crippen LogP contribution >= 0.6 is 11.6 Å². The summed E-state index contributed by atoms with van der Waals surface area (Å²) in [4.78, 5) is 11.7. The average Bonchev–Trinajstić information content (AvgIpc) is 2.37. The molecule has 0 saturated heterocycles. The number of nitriles is 1. The number of hydrogen-bond donors (Lipinski definition) is 1. The fourth-order valence-electron chi connectivity index (χ4n) is 1.70. The second kappa shape index (κ2) is 7.73. The van der Waals surface area contributed by atoms with Gasteiger partial charge in [-0.1, -0.05) is 37.1 Å². The molecular formula is C14H17ClN2O. The zero-order valence-electron chi connectivity index (χ0n) is 10.4. The predicted molar refractivity (Wildman–Crippen MR) is 73.3 cm³/mol. The highest BCUT2D eigenvalue weighted by molar-refractivity contribution is 6.33. The number of nitrogens with zero attached hydrogens (tertiary/aromatic N) is 1. The van der Waals surface area contributed by atoms with Crippen LogP contribution in [-0.2, 0) is 4.79 Å². The molecule has 4 heteroatoms. The van der Waals surface area contributed by atoms with Crippen LogP contribution in [0.1, 0.15) is 32.6 Å². The molecule has 1 aromatic carbocycles. The van der Waals surface area contributed by atoms with Crippen LogP contribution in [-0.4, -0.2) is 5.91 Å². The third-order valence-electron chi connectivity index (χ3n) is 2.69. The van der Waals surface area contributed by atoms with Crippen molar-refractivity contribution in [3.63, 3.8) is 0 Å². The van der Waals surface area contributed by atoms with Crippen molar-refractivity contribution in [3.05, 3.63) is 29.3 Å². The van der Waals surface area contributed by atoms with E-state index in [0.717, 1.165) is 12.8 Å². The topological polar surface area (TPSA) is 52.9 Å². The number of rotatable bonds is 6. The van der Waals surface area contributed by atoms with E-state index in [0.29, 0.717) is 23.6 Å². The molecule has 0 aliphatic carbocycles. The summed E-state index contributed by atoms with van der Waals surface area (Å²) in [7, 11) is 0. The van der Waals surface area contributed by atoms with Crippen molar-refractivity contribution >= 4 is 23.2 Å². The Morgan fingerprint density at radius 1 is 1.44 bits per heavy atom. The summed E-state index contributed by atoms with van der Waals surface area (Å²) in [5.41, 5.74) is 0.619. The number of carbonyl (C=O) groups is 1. The van der Waals surface area contributed by atoms with Crippen molar-refractivity contribution in [3.8, 4) is 6.07 Å². The lowest BCUT2D eigenvalue weighted by molar-refractivity contribution is -0.116. The lowest BCUT2D eigenvalue weighted by Crippen LogP contribution is -2.13. The Bertz CT molecular complexity index is 440. The van der Waals surface area contributed by atoms with Gasteiger partial charge in [-0.25, -0.2) is 0 Å². The fraction of sp³-hybridized carbons (Fsp3) is 0.429. The first-order valence-electron chi connectivity index (χ1n) is 6.11. The average molecular weight is 265 g/mol. The molecule has 1 unspecified atom stereocenters. The largest absolute Gasteiger partial charge is 0.325 e. The van der Waals surface area contributed by atoms with E-state index in [9.17, 15) is 4.79 Å². The third-order valence-corrected chi connectivity index (χ3v) is 3.02. The van der Waals surface area contributed by atoms with Gasteiger partial charge in [-0.05, 0) is 25.0 Å². The molecule has 0 aromatic heterocycles. The maximum Gasteiger partial charge on any atom is 0.224 e. The SMILES string of the molecule is CCCC(C#N)CCC(=O)Nc1ccccc1Cl. The monoisotopic (exact) mass is 264 g/mol. The van der Waals surface area contributed by atoms with Gasteiger partial charge in [-0.3, -0.25) is 4.79 Å². The minimum atomic E-state index is -0.0977. The quantitative estimate of drug-likeness (QED) is 0.844. The Labute approximate surface area is 113 Å². The van der Waals surface area contributed by atoms with E-state index in [4.69, 9.17) is 16.9 Å². The Hall–Kier alpha value is -1.53. The number of para-hydroxylation sites is 1. The molecular weight excluding hydrogens is 248 g/mol. The summed E-state index contributed by atoms with van der Waals surface area (Å²) in [6.07, 6.45) is 2.75. The second-order valence-corrected chi connectivity index (χ2v) is 4.59. The van der Waals surface area contributed by atoms with E-state index < -0.39 is 0 Å². The van der Waals surface area contributed by atoms with Gasteiger partial charge in [0.1, 0.15) is 0 Å². The standard InChI is InChI=1S/C14H17ClN2O/c1-2-5-11(10-16)8-9-14(18)17-13-7-4-3-6-12(13)15/h3-4,6-7,11H,2,5,8-9H2,1H3,(H,17,18). The molecule has 0 bridgehead atoms. The van der Waals surface area contributed by atoms with Crippen molar-refractivity contribution in [2.24, 2.45) is 5.92 Å². The molecule has 3 nitrogen and oxygen atoms in total. The van der Waals surface area contributed by atoms with Gasteiger partial charge in [0.05, 0.1) is 16.8 Å². The van der Waals surface area contributed by atoms with E-state index in [1.165, 1.54) is 0 Å². The Balaban J connectivity index is 2.43. The first-order chi connectivity index (χ1) is 8.67. The number of amides is 1. The lowest BCUT2D eigenvalue weighted by Gasteiger charge is -2.09. The van der Waals surface area contributed by atoms with Gasteiger partial charge in [-0.2, -0.15) is 5.26 Å². The predicted octanol–water partition coefficient (Wildman–Crippen LogP) is 4.00. The van der Waals surface area contributed by atoms with Crippen LogP contribution in [0.25, 0.3) is 0 Å². The summed E-state index contributed by atoms with van der Waals surface area (Å²) < 4.78 is 0. The highest BCUT2D eigenvalue weighted by atomic mass is 35.5. The summed E-state index contributed by atoms with van der Waals surface area (Å²) >= 11 is 5.94. The first-order valence-corrected chi connectivity index (χ1v) is 6.49. The molecule has 96 valence electrons. The zero-order valence-corrected chi connectivity index (χ0v) is 11.2. The van der Waals surface area contributed by atoms with E-state index in [1.54, 1.807) is 12.1 Å². The molecule has 0 saturated carbocycles. The van der Waals surface area contributed by atoms with E-state index in [-0.39, 0.29) is 11.8 Å². The summed E-state index contributed by atoms with van der Waals surface area (Å²) in [5.74, 6) is -0.133. The molecule has 1 atom stereocenters. The number of nitrogens with one attached hydrogen (secondary N) is 1. The van der Waals surface area contributed by atoms with Gasteiger partial charge in [0, 0.05) is 12.3 Å². The molecule has 0 heterocycles. The molecule has 1 amide bonds. The summed E-state index contributed by atoms with van der Waals surface area (Å²) in [6, 6.07) is 9.34. The fourth-order valence-corrected chi connectivity index (χ4v) is 1.89. The molecule has 18 heavy (non-hydrogen) atoms. The van der Waals surface area contributed by atoms with Crippen LogP contribution in [0.4, 0.5) is 5.69 Å². The Kier molecular flexibility index (Phi) is 6.24. The van der Waals surface area contributed by atoms with Crippen molar-refractivity contribution in [2.45, 2.75) is 32.6 Å². The van der Waals surface area contributed by atoms with Gasteiger partial charge in [0.2, 0.25) is 5.91 Å². The Morgan fingerprint density at radius 2 is 2.17 bits per heavy atom. The lowest BCUT2D eigenvalue weighted by atomic mass is 9.99. The first kappa shape index (κ1) is 14.5. The molecule has 0 radical (unpaired) electrons. The molecule has 0 aliphatic heterocycles. The molecule has 0 spiro atoms. The smallest absolute Gasteiger partial charge is 0.224 e. The summed E-state index contributed by atoms with van der Waals surface area (Å²) in [6.45, 7) is 2.04. The number of hydrogen-bond acceptors (Lipinski definition) is 2. The molecule has 1 aromatic rings. The normalized spacial score (nSPS) is 11.6.